The van der Waals surface area contributed by atoms with Crippen LogP contribution in [0.25, 0.3) is 10.2 Å². The molecule has 6 nitrogen and oxygen atoms in total. The van der Waals surface area contributed by atoms with E-state index in [1.807, 2.05) is 35.8 Å². The van der Waals surface area contributed by atoms with Gasteiger partial charge in [-0.05, 0) is 43.3 Å². The van der Waals surface area contributed by atoms with Gasteiger partial charge in [0.2, 0.25) is 5.91 Å². The Bertz CT molecular complexity index is 1090. The highest BCUT2D eigenvalue weighted by Gasteiger charge is 2.11. The standard InChI is InChI=1S/C20H20BrN3O3S/c1-3-27-10-9-24-17-8-7-16(22-13(2)25)12-18(17)28-20(24)23-19(26)14-5-4-6-15(21)11-14/h4-8,11-12H,3,9-10H2,1-2H3,(H,22,25). The third-order valence-corrected chi connectivity index (χ3v) is 5.47. The van der Waals surface area contributed by atoms with E-state index in [-0.39, 0.29) is 11.8 Å². The first-order valence-electron chi connectivity index (χ1n) is 8.81. The molecular formula is C20H20BrN3O3S. The smallest absolute Gasteiger partial charge is 0.279 e. The number of rotatable bonds is 6. The summed E-state index contributed by atoms with van der Waals surface area (Å²) >= 11 is 4.79. The van der Waals surface area contributed by atoms with E-state index in [1.54, 1.807) is 18.2 Å². The van der Waals surface area contributed by atoms with Crippen LogP contribution in [0.2, 0.25) is 0 Å². The Morgan fingerprint density at radius 1 is 1.25 bits per heavy atom. The van der Waals surface area contributed by atoms with Gasteiger partial charge in [-0.15, -0.1) is 0 Å². The maximum absolute atomic E-state index is 12.7. The fourth-order valence-electron chi connectivity index (χ4n) is 2.73. The molecule has 0 spiro atoms. The summed E-state index contributed by atoms with van der Waals surface area (Å²) in [6.07, 6.45) is 0. The summed E-state index contributed by atoms with van der Waals surface area (Å²) < 4.78 is 9.22. The van der Waals surface area contributed by atoms with Gasteiger partial charge in [-0.3, -0.25) is 9.59 Å². The van der Waals surface area contributed by atoms with E-state index in [1.165, 1.54) is 18.3 Å². The number of nitrogens with zero attached hydrogens (tertiary/aromatic N) is 2. The maximum atomic E-state index is 12.7. The van der Waals surface area contributed by atoms with Crippen molar-refractivity contribution < 1.29 is 14.3 Å². The first-order valence-corrected chi connectivity index (χ1v) is 10.4. The molecule has 0 saturated carbocycles. The molecule has 1 aromatic heterocycles. The molecule has 0 aliphatic carbocycles. The molecule has 2 aromatic carbocycles. The number of hydrogen-bond acceptors (Lipinski definition) is 4. The number of aromatic nitrogens is 1. The number of amides is 2. The predicted molar refractivity (Wildman–Crippen MR) is 115 cm³/mol. The summed E-state index contributed by atoms with van der Waals surface area (Å²) in [5.74, 6) is -0.435. The fourth-order valence-corrected chi connectivity index (χ4v) is 4.22. The summed E-state index contributed by atoms with van der Waals surface area (Å²) in [6.45, 7) is 5.14. The zero-order valence-electron chi connectivity index (χ0n) is 15.6. The van der Waals surface area contributed by atoms with Gasteiger partial charge in [0.1, 0.15) is 0 Å². The second-order valence-corrected chi connectivity index (χ2v) is 7.95. The van der Waals surface area contributed by atoms with Crippen LogP contribution in [0, 0.1) is 0 Å². The Morgan fingerprint density at radius 2 is 2.07 bits per heavy atom. The van der Waals surface area contributed by atoms with Gasteiger partial charge in [-0.1, -0.05) is 33.3 Å². The molecular weight excluding hydrogens is 442 g/mol. The second kappa shape index (κ2) is 9.27. The highest BCUT2D eigenvalue weighted by atomic mass is 79.9. The van der Waals surface area contributed by atoms with Crippen LogP contribution >= 0.6 is 27.3 Å². The van der Waals surface area contributed by atoms with Crippen molar-refractivity contribution in [3.8, 4) is 0 Å². The lowest BCUT2D eigenvalue weighted by molar-refractivity contribution is -0.114. The number of nitrogens with one attached hydrogen (secondary N) is 1. The fraction of sp³-hybridized carbons (Fsp3) is 0.250. The number of carbonyl (C=O) groups excluding carboxylic acids is 2. The summed E-state index contributed by atoms with van der Waals surface area (Å²) in [5.41, 5.74) is 2.17. The third kappa shape index (κ3) is 4.95. The Hall–Kier alpha value is -2.29. The number of carbonyl (C=O) groups is 2. The van der Waals surface area contributed by atoms with Crippen LogP contribution in [0.4, 0.5) is 5.69 Å². The van der Waals surface area contributed by atoms with Crippen molar-refractivity contribution in [2.45, 2.75) is 20.4 Å². The number of benzene rings is 2. The minimum absolute atomic E-state index is 0.130. The molecule has 0 aliphatic heterocycles. The Kier molecular flexibility index (Phi) is 6.77. The van der Waals surface area contributed by atoms with E-state index in [9.17, 15) is 9.59 Å². The molecule has 0 atom stereocenters. The van der Waals surface area contributed by atoms with Crippen molar-refractivity contribution in [2.24, 2.45) is 4.99 Å². The van der Waals surface area contributed by atoms with Crippen LogP contribution in [-0.4, -0.2) is 29.6 Å². The number of ether oxygens (including phenoxy) is 1. The Morgan fingerprint density at radius 3 is 2.79 bits per heavy atom. The van der Waals surface area contributed by atoms with Gasteiger partial charge >= 0.3 is 0 Å². The highest BCUT2D eigenvalue weighted by molar-refractivity contribution is 9.10. The lowest BCUT2D eigenvalue weighted by Gasteiger charge is -2.06. The molecule has 0 unspecified atom stereocenters. The van der Waals surface area contributed by atoms with Gasteiger partial charge in [0.05, 0.1) is 16.8 Å². The molecule has 1 heterocycles. The lowest BCUT2D eigenvalue weighted by atomic mass is 10.2. The number of anilines is 1. The topological polar surface area (TPSA) is 72.7 Å². The average molecular weight is 462 g/mol. The normalized spacial score (nSPS) is 11.8. The molecule has 146 valence electrons. The molecule has 28 heavy (non-hydrogen) atoms. The zero-order chi connectivity index (χ0) is 20.1. The predicted octanol–water partition coefficient (Wildman–Crippen LogP) is 4.20. The molecule has 8 heteroatoms. The lowest BCUT2D eigenvalue weighted by Crippen LogP contribution is -2.19. The van der Waals surface area contributed by atoms with Gasteiger partial charge in [-0.2, -0.15) is 4.99 Å². The largest absolute Gasteiger partial charge is 0.380 e. The Balaban J connectivity index is 2.06. The van der Waals surface area contributed by atoms with Crippen molar-refractivity contribution in [1.29, 1.82) is 0 Å². The first-order chi connectivity index (χ1) is 13.5. The SMILES string of the molecule is CCOCCn1c(=NC(=O)c2cccc(Br)c2)sc2cc(NC(C)=O)ccc21. The van der Waals surface area contributed by atoms with E-state index in [2.05, 4.69) is 26.2 Å². The molecule has 2 amide bonds. The summed E-state index contributed by atoms with van der Waals surface area (Å²) in [5, 5.41) is 2.78. The van der Waals surface area contributed by atoms with E-state index >= 15 is 0 Å². The molecule has 3 aromatic rings. The molecule has 0 fully saturated rings. The van der Waals surface area contributed by atoms with E-state index < -0.39 is 0 Å². The van der Waals surface area contributed by atoms with Crippen molar-refractivity contribution in [3.63, 3.8) is 0 Å². The summed E-state index contributed by atoms with van der Waals surface area (Å²) in [7, 11) is 0. The third-order valence-electron chi connectivity index (χ3n) is 3.94. The molecule has 0 saturated heterocycles. The first kappa shape index (κ1) is 20.4. The average Bonchev–Trinajstić information content (AvgIpc) is 2.98. The van der Waals surface area contributed by atoms with Gasteiger partial charge in [0.15, 0.2) is 4.80 Å². The summed E-state index contributed by atoms with van der Waals surface area (Å²) in [6, 6.07) is 12.8. The summed E-state index contributed by atoms with van der Waals surface area (Å²) in [4.78, 5) is 28.9. The van der Waals surface area contributed by atoms with E-state index in [0.717, 1.165) is 14.7 Å². The Labute approximate surface area is 175 Å². The van der Waals surface area contributed by atoms with Gasteiger partial charge in [0.25, 0.3) is 5.91 Å². The van der Waals surface area contributed by atoms with Gasteiger partial charge < -0.3 is 14.6 Å². The van der Waals surface area contributed by atoms with Crippen LogP contribution in [0.1, 0.15) is 24.2 Å². The van der Waals surface area contributed by atoms with Crippen LogP contribution in [0.15, 0.2) is 51.9 Å². The minimum atomic E-state index is -0.305. The van der Waals surface area contributed by atoms with Crippen LogP contribution < -0.4 is 10.1 Å². The van der Waals surface area contributed by atoms with Crippen LogP contribution in [0.5, 0.6) is 0 Å². The number of hydrogen-bond donors (Lipinski definition) is 1. The van der Waals surface area contributed by atoms with Crippen molar-refractivity contribution in [3.05, 3.63) is 57.3 Å². The minimum Gasteiger partial charge on any atom is -0.380 e. The molecule has 3 rings (SSSR count). The van der Waals surface area contributed by atoms with Crippen molar-refractivity contribution in [2.75, 3.05) is 18.5 Å². The molecule has 1 N–H and O–H groups in total. The quantitative estimate of drug-likeness (QED) is 0.558. The number of halogens is 1. The number of fused-ring (bicyclic) bond motifs is 1. The highest BCUT2D eigenvalue weighted by Crippen LogP contribution is 2.22. The molecule has 0 aliphatic rings. The van der Waals surface area contributed by atoms with Crippen LogP contribution in [0.3, 0.4) is 0 Å². The zero-order valence-corrected chi connectivity index (χ0v) is 18.0. The van der Waals surface area contributed by atoms with Gasteiger partial charge in [-0.25, -0.2) is 0 Å². The van der Waals surface area contributed by atoms with E-state index in [4.69, 9.17) is 4.74 Å². The number of thiazole rings is 1. The van der Waals surface area contributed by atoms with Crippen LogP contribution in [-0.2, 0) is 16.1 Å². The van der Waals surface area contributed by atoms with Crippen molar-refractivity contribution in [1.82, 2.24) is 4.57 Å². The monoisotopic (exact) mass is 461 g/mol. The van der Waals surface area contributed by atoms with Crippen molar-refractivity contribution >= 4 is 55.0 Å². The van der Waals surface area contributed by atoms with E-state index in [0.29, 0.717) is 35.8 Å². The molecule has 0 radical (unpaired) electrons. The van der Waals surface area contributed by atoms with Gasteiger partial charge in [0, 0.05) is 35.8 Å². The maximum Gasteiger partial charge on any atom is 0.279 e. The second-order valence-electron chi connectivity index (χ2n) is 6.02. The molecule has 0 bridgehead atoms.